The molecule has 0 spiro atoms. The largest absolute Gasteiger partial charge is 0.339 e. The van der Waals surface area contributed by atoms with Crippen molar-refractivity contribution in [3.63, 3.8) is 0 Å². The standard InChI is InChI=1S/C18H26N2O2/c1-13-9-11-20(12-10-13)16(21)14-7-5-6-8-15(14)19-17(22)18(2,3)4/h5-8,13H,9-12H2,1-4H3,(H,19,22). The minimum Gasteiger partial charge on any atom is -0.339 e. The Kier molecular flexibility index (Phi) is 4.89. The zero-order chi connectivity index (χ0) is 16.3. The van der Waals surface area contributed by atoms with Gasteiger partial charge in [0.1, 0.15) is 0 Å². The Labute approximate surface area is 132 Å². The van der Waals surface area contributed by atoms with Gasteiger partial charge in [0, 0.05) is 18.5 Å². The van der Waals surface area contributed by atoms with E-state index in [9.17, 15) is 9.59 Å². The maximum atomic E-state index is 12.7. The van der Waals surface area contributed by atoms with Gasteiger partial charge < -0.3 is 10.2 Å². The maximum Gasteiger partial charge on any atom is 0.255 e. The average Bonchev–Trinajstić information content (AvgIpc) is 2.47. The van der Waals surface area contributed by atoms with Gasteiger partial charge in [0.2, 0.25) is 5.91 Å². The van der Waals surface area contributed by atoms with Gasteiger partial charge in [0.25, 0.3) is 5.91 Å². The van der Waals surface area contributed by atoms with E-state index in [1.807, 2.05) is 37.8 Å². The molecule has 1 saturated heterocycles. The number of benzene rings is 1. The third-order valence-electron chi connectivity index (χ3n) is 4.16. The van der Waals surface area contributed by atoms with Crippen molar-refractivity contribution in [2.75, 3.05) is 18.4 Å². The van der Waals surface area contributed by atoms with Crippen LogP contribution in [0.25, 0.3) is 0 Å². The fourth-order valence-electron chi connectivity index (χ4n) is 2.47. The Morgan fingerprint density at radius 2 is 1.73 bits per heavy atom. The van der Waals surface area contributed by atoms with Crippen LogP contribution in [0.4, 0.5) is 5.69 Å². The molecule has 1 aliphatic heterocycles. The maximum absolute atomic E-state index is 12.7. The zero-order valence-electron chi connectivity index (χ0n) is 14.0. The normalized spacial score (nSPS) is 16.5. The van der Waals surface area contributed by atoms with Crippen molar-refractivity contribution in [1.29, 1.82) is 0 Å². The van der Waals surface area contributed by atoms with Crippen LogP contribution in [0.5, 0.6) is 0 Å². The van der Waals surface area contributed by atoms with E-state index in [1.165, 1.54) is 0 Å². The van der Waals surface area contributed by atoms with Gasteiger partial charge in [-0.3, -0.25) is 9.59 Å². The number of hydrogen-bond acceptors (Lipinski definition) is 2. The van der Waals surface area contributed by atoms with E-state index in [1.54, 1.807) is 12.1 Å². The molecule has 120 valence electrons. The van der Waals surface area contributed by atoms with Crippen LogP contribution >= 0.6 is 0 Å². The number of para-hydroxylation sites is 1. The first kappa shape index (κ1) is 16.5. The molecule has 0 saturated carbocycles. The van der Waals surface area contributed by atoms with Crippen molar-refractivity contribution < 1.29 is 9.59 Å². The van der Waals surface area contributed by atoms with Gasteiger partial charge >= 0.3 is 0 Å². The molecule has 2 amide bonds. The van der Waals surface area contributed by atoms with Gasteiger partial charge in [0.15, 0.2) is 0 Å². The minimum absolute atomic E-state index is 0.0108. The molecule has 0 radical (unpaired) electrons. The summed E-state index contributed by atoms with van der Waals surface area (Å²) in [6.07, 6.45) is 2.09. The van der Waals surface area contributed by atoms with Crippen molar-refractivity contribution in [2.45, 2.75) is 40.5 Å². The van der Waals surface area contributed by atoms with E-state index in [-0.39, 0.29) is 11.8 Å². The van der Waals surface area contributed by atoms with E-state index in [0.29, 0.717) is 17.2 Å². The number of nitrogens with zero attached hydrogens (tertiary/aromatic N) is 1. The number of piperidine rings is 1. The summed E-state index contributed by atoms with van der Waals surface area (Å²) in [4.78, 5) is 26.8. The van der Waals surface area contributed by atoms with Crippen LogP contribution in [0.15, 0.2) is 24.3 Å². The second-order valence-electron chi connectivity index (χ2n) is 7.22. The van der Waals surface area contributed by atoms with Gasteiger partial charge in [-0.2, -0.15) is 0 Å². The highest BCUT2D eigenvalue weighted by molar-refractivity contribution is 6.04. The first-order chi connectivity index (χ1) is 10.3. The second kappa shape index (κ2) is 6.51. The van der Waals surface area contributed by atoms with E-state index in [0.717, 1.165) is 25.9 Å². The van der Waals surface area contributed by atoms with Crippen LogP contribution < -0.4 is 5.32 Å². The van der Waals surface area contributed by atoms with Crippen LogP contribution in [-0.2, 0) is 4.79 Å². The molecule has 0 aromatic heterocycles. The number of likely N-dealkylation sites (tertiary alicyclic amines) is 1. The lowest BCUT2D eigenvalue weighted by molar-refractivity contribution is -0.123. The summed E-state index contributed by atoms with van der Waals surface area (Å²) in [7, 11) is 0. The number of rotatable bonds is 2. The van der Waals surface area contributed by atoms with Gasteiger partial charge in [-0.1, -0.05) is 39.8 Å². The molecule has 0 unspecified atom stereocenters. The number of carbonyl (C=O) groups is 2. The number of nitrogens with one attached hydrogen (secondary N) is 1. The smallest absolute Gasteiger partial charge is 0.255 e. The van der Waals surface area contributed by atoms with E-state index in [2.05, 4.69) is 12.2 Å². The molecule has 1 aliphatic rings. The molecule has 4 heteroatoms. The SMILES string of the molecule is CC1CCN(C(=O)c2ccccc2NC(=O)C(C)(C)C)CC1. The van der Waals surface area contributed by atoms with Gasteiger partial charge in [-0.25, -0.2) is 0 Å². The lowest BCUT2D eigenvalue weighted by Gasteiger charge is -2.31. The first-order valence-electron chi connectivity index (χ1n) is 7.99. The van der Waals surface area contributed by atoms with E-state index in [4.69, 9.17) is 0 Å². The molecular formula is C18H26N2O2. The van der Waals surface area contributed by atoms with Crippen LogP contribution in [0.1, 0.15) is 50.9 Å². The molecule has 22 heavy (non-hydrogen) atoms. The Hall–Kier alpha value is -1.84. The molecule has 1 N–H and O–H groups in total. The molecule has 1 aromatic carbocycles. The summed E-state index contributed by atoms with van der Waals surface area (Å²) in [6.45, 7) is 9.39. The fraction of sp³-hybridized carbons (Fsp3) is 0.556. The van der Waals surface area contributed by atoms with Gasteiger partial charge in [0.05, 0.1) is 11.3 Å². The molecule has 1 fully saturated rings. The van der Waals surface area contributed by atoms with Gasteiger partial charge in [-0.05, 0) is 30.9 Å². The highest BCUT2D eigenvalue weighted by Gasteiger charge is 2.26. The van der Waals surface area contributed by atoms with Crippen molar-refractivity contribution in [1.82, 2.24) is 4.90 Å². The predicted octanol–water partition coefficient (Wildman–Crippen LogP) is 3.54. The second-order valence-corrected chi connectivity index (χ2v) is 7.22. The third-order valence-corrected chi connectivity index (χ3v) is 4.16. The molecule has 0 bridgehead atoms. The van der Waals surface area contributed by atoms with Crippen LogP contribution in [0.3, 0.4) is 0 Å². The predicted molar refractivity (Wildman–Crippen MR) is 88.8 cm³/mol. The highest BCUT2D eigenvalue weighted by atomic mass is 16.2. The summed E-state index contributed by atoms with van der Waals surface area (Å²) >= 11 is 0. The Balaban J connectivity index is 2.17. The fourth-order valence-corrected chi connectivity index (χ4v) is 2.47. The van der Waals surface area contributed by atoms with Crippen molar-refractivity contribution in [2.24, 2.45) is 11.3 Å². The van der Waals surface area contributed by atoms with Crippen LogP contribution in [0, 0.1) is 11.3 Å². The molecule has 0 atom stereocenters. The summed E-state index contributed by atoms with van der Waals surface area (Å²) in [5, 5.41) is 2.89. The monoisotopic (exact) mass is 302 g/mol. The van der Waals surface area contributed by atoms with E-state index < -0.39 is 5.41 Å². The Morgan fingerprint density at radius 1 is 1.14 bits per heavy atom. The third kappa shape index (κ3) is 3.87. The molecule has 1 aromatic rings. The number of carbonyl (C=O) groups excluding carboxylic acids is 2. The van der Waals surface area contributed by atoms with Crippen LogP contribution in [0.2, 0.25) is 0 Å². The van der Waals surface area contributed by atoms with Crippen molar-refractivity contribution >= 4 is 17.5 Å². The quantitative estimate of drug-likeness (QED) is 0.908. The Morgan fingerprint density at radius 3 is 2.32 bits per heavy atom. The number of amides is 2. The zero-order valence-corrected chi connectivity index (χ0v) is 14.0. The van der Waals surface area contributed by atoms with Crippen molar-refractivity contribution in [3.05, 3.63) is 29.8 Å². The van der Waals surface area contributed by atoms with Crippen molar-refractivity contribution in [3.8, 4) is 0 Å². The number of hydrogen-bond donors (Lipinski definition) is 1. The molecule has 1 heterocycles. The summed E-state index contributed by atoms with van der Waals surface area (Å²) in [5.74, 6) is 0.608. The van der Waals surface area contributed by atoms with Gasteiger partial charge in [-0.15, -0.1) is 0 Å². The molecule has 2 rings (SSSR count). The summed E-state index contributed by atoms with van der Waals surface area (Å²) in [6, 6.07) is 7.27. The highest BCUT2D eigenvalue weighted by Crippen LogP contribution is 2.24. The molecule has 0 aliphatic carbocycles. The topological polar surface area (TPSA) is 49.4 Å². The molecule has 4 nitrogen and oxygen atoms in total. The molecular weight excluding hydrogens is 276 g/mol. The minimum atomic E-state index is -0.489. The van der Waals surface area contributed by atoms with E-state index >= 15 is 0 Å². The average molecular weight is 302 g/mol. The Bertz CT molecular complexity index is 552. The van der Waals surface area contributed by atoms with Crippen LogP contribution in [-0.4, -0.2) is 29.8 Å². The first-order valence-corrected chi connectivity index (χ1v) is 7.99. The summed E-state index contributed by atoms with van der Waals surface area (Å²) < 4.78 is 0. The lowest BCUT2D eigenvalue weighted by atomic mass is 9.95. The number of anilines is 1. The lowest BCUT2D eigenvalue weighted by Crippen LogP contribution is -2.38. The summed E-state index contributed by atoms with van der Waals surface area (Å²) in [5.41, 5.74) is 0.692.